The second-order valence-electron chi connectivity index (χ2n) is 11.5. The summed E-state index contributed by atoms with van der Waals surface area (Å²) in [5, 5.41) is 0. The van der Waals surface area contributed by atoms with Crippen molar-refractivity contribution in [2.45, 2.75) is 70.8 Å². The number of esters is 1. The SMILES string of the molecule is C[C@]12CCC(=O)C=C1[C@H]1C[C@H]1[C@@H]1[C@H]3[C@@H]4C[C@@H]4[C@@]4(CCC(=O)O4)[C@@]3(C)CC[C@H]12. The Bertz CT molecular complexity index is 827. The van der Waals surface area contributed by atoms with E-state index in [4.69, 9.17) is 4.74 Å². The summed E-state index contributed by atoms with van der Waals surface area (Å²) in [6, 6.07) is 0. The Morgan fingerprint density at radius 1 is 1.00 bits per heavy atom. The van der Waals surface area contributed by atoms with Gasteiger partial charge < -0.3 is 4.74 Å². The minimum Gasteiger partial charge on any atom is -0.458 e. The number of fused-ring (bicyclic) bond motifs is 12. The van der Waals surface area contributed by atoms with Crippen molar-refractivity contribution in [1.29, 1.82) is 0 Å². The molecule has 3 heteroatoms. The zero-order chi connectivity index (χ0) is 18.3. The molecule has 1 spiro atoms. The standard InChI is InChI=1S/C24H30O3/c1-22-6-3-12(25)9-17(22)13-10-14(13)20-16(22)4-7-23(2)21(20)15-11-18(15)24(23)8-5-19(26)27-24/h9,13-16,18,20-21H,3-8,10-11H2,1-2H3/t13-,14+,15+,16+,18-,20-,21+,22+,23-,24-/m0/s1. The fraction of sp³-hybridized carbons (Fsp3) is 0.833. The lowest BCUT2D eigenvalue weighted by atomic mass is 9.45. The van der Waals surface area contributed by atoms with E-state index in [2.05, 4.69) is 19.9 Å². The average molecular weight is 367 g/mol. The van der Waals surface area contributed by atoms with E-state index in [0.29, 0.717) is 24.0 Å². The van der Waals surface area contributed by atoms with E-state index in [-0.39, 0.29) is 22.4 Å². The highest BCUT2D eigenvalue weighted by Crippen LogP contribution is 2.82. The van der Waals surface area contributed by atoms with Gasteiger partial charge in [0.15, 0.2) is 5.78 Å². The van der Waals surface area contributed by atoms with E-state index in [1.54, 1.807) is 0 Å². The number of hydrogen-bond acceptors (Lipinski definition) is 3. The van der Waals surface area contributed by atoms with E-state index in [1.165, 1.54) is 31.3 Å². The first kappa shape index (κ1) is 15.8. The zero-order valence-electron chi connectivity index (χ0n) is 16.5. The maximum absolute atomic E-state index is 12.2. The van der Waals surface area contributed by atoms with Gasteiger partial charge in [-0.3, -0.25) is 9.59 Å². The van der Waals surface area contributed by atoms with E-state index in [0.717, 1.165) is 48.9 Å². The number of rotatable bonds is 0. The summed E-state index contributed by atoms with van der Waals surface area (Å²) in [6.07, 6.45) is 10.6. The summed E-state index contributed by atoms with van der Waals surface area (Å²) in [4.78, 5) is 24.3. The van der Waals surface area contributed by atoms with E-state index >= 15 is 0 Å². The molecule has 0 radical (unpaired) electrons. The topological polar surface area (TPSA) is 43.4 Å². The molecular weight excluding hydrogens is 336 g/mol. The Balaban J connectivity index is 1.33. The second-order valence-corrected chi connectivity index (χ2v) is 11.5. The Morgan fingerprint density at radius 2 is 1.85 bits per heavy atom. The fourth-order valence-corrected chi connectivity index (χ4v) is 9.74. The maximum Gasteiger partial charge on any atom is 0.306 e. The van der Waals surface area contributed by atoms with Crippen LogP contribution in [0.5, 0.6) is 0 Å². The van der Waals surface area contributed by atoms with Gasteiger partial charge in [-0.25, -0.2) is 0 Å². The summed E-state index contributed by atoms with van der Waals surface area (Å²) in [6.45, 7) is 4.99. The van der Waals surface area contributed by atoms with Crippen molar-refractivity contribution >= 4 is 11.8 Å². The third kappa shape index (κ3) is 1.58. The normalized spacial score (nSPS) is 62.0. The first-order chi connectivity index (χ1) is 12.9. The molecule has 6 aliphatic carbocycles. The first-order valence-corrected chi connectivity index (χ1v) is 11.4. The quantitative estimate of drug-likeness (QED) is 0.600. The van der Waals surface area contributed by atoms with Crippen LogP contribution in [0, 0.1) is 52.3 Å². The summed E-state index contributed by atoms with van der Waals surface area (Å²) >= 11 is 0. The number of carbonyl (C=O) groups excluding carboxylic acids is 2. The minimum atomic E-state index is -0.131. The molecule has 0 amide bonds. The molecule has 0 bridgehead atoms. The molecule has 0 aromatic heterocycles. The van der Waals surface area contributed by atoms with Gasteiger partial charge in [0.2, 0.25) is 0 Å². The van der Waals surface area contributed by atoms with Crippen molar-refractivity contribution in [3.63, 3.8) is 0 Å². The van der Waals surface area contributed by atoms with Gasteiger partial charge in [0, 0.05) is 24.2 Å². The molecule has 0 aromatic rings. The summed E-state index contributed by atoms with van der Waals surface area (Å²) in [5.74, 6) is 5.65. The van der Waals surface area contributed by atoms with Gasteiger partial charge in [-0.2, -0.15) is 0 Å². The van der Waals surface area contributed by atoms with Crippen molar-refractivity contribution in [1.82, 2.24) is 0 Å². The van der Waals surface area contributed by atoms with Crippen molar-refractivity contribution in [2.24, 2.45) is 52.3 Å². The van der Waals surface area contributed by atoms with Crippen LogP contribution >= 0.6 is 0 Å². The van der Waals surface area contributed by atoms with Crippen molar-refractivity contribution in [3.05, 3.63) is 11.6 Å². The average Bonchev–Trinajstić information content (AvgIpc) is 3.53. The van der Waals surface area contributed by atoms with Crippen LogP contribution < -0.4 is 0 Å². The molecule has 1 saturated heterocycles. The summed E-state index contributed by atoms with van der Waals surface area (Å²) in [7, 11) is 0. The molecule has 0 aromatic carbocycles. The molecule has 0 N–H and O–H groups in total. The van der Waals surface area contributed by atoms with Gasteiger partial charge in [-0.05, 0) is 85.5 Å². The highest BCUT2D eigenvalue weighted by atomic mass is 16.6. The third-order valence-corrected chi connectivity index (χ3v) is 10.9. The first-order valence-electron chi connectivity index (χ1n) is 11.4. The number of ketones is 1. The lowest BCUT2D eigenvalue weighted by molar-refractivity contribution is -0.177. The molecule has 10 atom stereocenters. The number of hydrogen-bond donors (Lipinski definition) is 0. The lowest BCUT2D eigenvalue weighted by Crippen LogP contribution is -2.57. The number of allylic oxidation sites excluding steroid dienone is 1. The van der Waals surface area contributed by atoms with Gasteiger partial charge in [0.1, 0.15) is 5.60 Å². The molecule has 0 unspecified atom stereocenters. The molecule has 6 fully saturated rings. The van der Waals surface area contributed by atoms with Crippen LogP contribution in [0.25, 0.3) is 0 Å². The van der Waals surface area contributed by atoms with Crippen LogP contribution in [0.15, 0.2) is 11.6 Å². The predicted molar refractivity (Wildman–Crippen MR) is 99.5 cm³/mol. The highest BCUT2D eigenvalue weighted by Gasteiger charge is 2.81. The second kappa shape index (κ2) is 4.39. The van der Waals surface area contributed by atoms with Crippen molar-refractivity contribution in [2.75, 3.05) is 0 Å². The summed E-state index contributed by atoms with van der Waals surface area (Å²) < 4.78 is 6.22. The zero-order valence-corrected chi connectivity index (χ0v) is 16.5. The van der Waals surface area contributed by atoms with Crippen LogP contribution in [0.4, 0.5) is 0 Å². The Hall–Kier alpha value is -1.12. The molecule has 144 valence electrons. The van der Waals surface area contributed by atoms with Gasteiger partial charge in [-0.1, -0.05) is 19.4 Å². The Kier molecular flexibility index (Phi) is 2.56. The van der Waals surface area contributed by atoms with Gasteiger partial charge in [0.25, 0.3) is 0 Å². The monoisotopic (exact) mass is 366 g/mol. The minimum absolute atomic E-state index is 0.0561. The molecular formula is C24H30O3. The number of ether oxygens (including phenoxy) is 1. The molecule has 1 heterocycles. The van der Waals surface area contributed by atoms with Crippen LogP contribution in [0.2, 0.25) is 0 Å². The number of carbonyl (C=O) groups is 2. The van der Waals surface area contributed by atoms with Gasteiger partial charge >= 0.3 is 5.97 Å². The molecule has 7 rings (SSSR count). The van der Waals surface area contributed by atoms with Crippen LogP contribution in [0.3, 0.4) is 0 Å². The predicted octanol–water partition coefficient (Wildman–Crippen LogP) is 4.31. The van der Waals surface area contributed by atoms with E-state index in [9.17, 15) is 9.59 Å². The Labute approximate surface area is 161 Å². The van der Waals surface area contributed by atoms with E-state index < -0.39 is 0 Å². The Morgan fingerprint density at radius 3 is 2.63 bits per heavy atom. The lowest BCUT2D eigenvalue weighted by Gasteiger charge is -2.60. The molecule has 3 nitrogen and oxygen atoms in total. The van der Waals surface area contributed by atoms with Crippen LogP contribution in [0.1, 0.15) is 65.2 Å². The third-order valence-electron chi connectivity index (χ3n) is 10.9. The molecule has 7 aliphatic rings. The molecule has 1 aliphatic heterocycles. The van der Waals surface area contributed by atoms with Crippen LogP contribution in [-0.4, -0.2) is 17.4 Å². The van der Waals surface area contributed by atoms with Crippen LogP contribution in [-0.2, 0) is 14.3 Å². The van der Waals surface area contributed by atoms with Gasteiger partial charge in [-0.15, -0.1) is 0 Å². The largest absolute Gasteiger partial charge is 0.458 e. The smallest absolute Gasteiger partial charge is 0.306 e. The molecule has 5 saturated carbocycles. The van der Waals surface area contributed by atoms with Gasteiger partial charge in [0.05, 0.1) is 0 Å². The summed E-state index contributed by atoms with van der Waals surface area (Å²) in [5.41, 5.74) is 1.85. The highest BCUT2D eigenvalue weighted by molar-refractivity contribution is 5.92. The van der Waals surface area contributed by atoms with Crippen molar-refractivity contribution in [3.8, 4) is 0 Å². The van der Waals surface area contributed by atoms with E-state index in [1.807, 2.05) is 0 Å². The molecule has 27 heavy (non-hydrogen) atoms. The maximum atomic E-state index is 12.2. The van der Waals surface area contributed by atoms with Crippen molar-refractivity contribution < 1.29 is 14.3 Å². The fourth-order valence-electron chi connectivity index (χ4n) is 9.74.